The second-order valence-electron chi connectivity index (χ2n) is 8.52. The molecular weight excluding hydrogens is 439 g/mol. The van der Waals surface area contributed by atoms with Crippen LogP contribution >= 0.6 is 0 Å². The highest BCUT2D eigenvalue weighted by Crippen LogP contribution is 2.42. The number of methoxy groups -OCH3 is 1. The van der Waals surface area contributed by atoms with Crippen molar-refractivity contribution < 1.29 is 28.6 Å². The number of carbonyl (C=O) groups is 2. The van der Waals surface area contributed by atoms with Crippen LogP contribution < -0.4 is 9.47 Å². The lowest BCUT2D eigenvalue weighted by Crippen LogP contribution is -2.35. The van der Waals surface area contributed by atoms with Crippen molar-refractivity contribution in [1.82, 2.24) is 9.80 Å². The summed E-state index contributed by atoms with van der Waals surface area (Å²) in [4.78, 5) is 29.5. The fraction of sp³-hybridized carbons (Fsp3) is 0.385. The van der Waals surface area contributed by atoms with E-state index in [1.54, 1.807) is 25.1 Å². The summed E-state index contributed by atoms with van der Waals surface area (Å²) < 4.78 is 25.1. The molecule has 34 heavy (non-hydrogen) atoms. The van der Waals surface area contributed by atoms with Gasteiger partial charge in [0.2, 0.25) is 0 Å². The second kappa shape index (κ2) is 10.7. The number of amides is 1. The second-order valence-corrected chi connectivity index (χ2v) is 8.52. The van der Waals surface area contributed by atoms with Gasteiger partial charge in [-0.25, -0.2) is 4.39 Å². The van der Waals surface area contributed by atoms with Crippen molar-refractivity contribution in [2.45, 2.75) is 26.3 Å². The van der Waals surface area contributed by atoms with Crippen LogP contribution in [0.3, 0.4) is 0 Å². The normalized spacial score (nSPS) is 17.5. The summed E-state index contributed by atoms with van der Waals surface area (Å²) in [6, 6.07) is 8.45. The van der Waals surface area contributed by atoms with Crippen LogP contribution in [-0.2, 0) is 9.59 Å². The summed E-state index contributed by atoms with van der Waals surface area (Å²) in [5, 5.41) is 11.2. The Bertz CT molecular complexity index is 1110. The van der Waals surface area contributed by atoms with Gasteiger partial charge in [-0.1, -0.05) is 13.0 Å². The number of carbonyl (C=O) groups excluding carboxylic acids is 2. The van der Waals surface area contributed by atoms with Gasteiger partial charge in [0.1, 0.15) is 11.6 Å². The third-order valence-electron chi connectivity index (χ3n) is 5.72. The van der Waals surface area contributed by atoms with Crippen molar-refractivity contribution in [2.24, 2.45) is 0 Å². The van der Waals surface area contributed by atoms with Crippen molar-refractivity contribution in [1.29, 1.82) is 0 Å². The lowest BCUT2D eigenvalue weighted by molar-refractivity contribution is -0.140. The monoisotopic (exact) mass is 470 g/mol. The third-order valence-corrected chi connectivity index (χ3v) is 5.72. The smallest absolute Gasteiger partial charge is 0.295 e. The highest BCUT2D eigenvalue weighted by Gasteiger charge is 2.46. The molecule has 1 unspecified atom stereocenters. The Morgan fingerprint density at radius 1 is 1.15 bits per heavy atom. The van der Waals surface area contributed by atoms with E-state index in [2.05, 4.69) is 0 Å². The maximum Gasteiger partial charge on any atom is 0.295 e. The van der Waals surface area contributed by atoms with Gasteiger partial charge in [0, 0.05) is 18.7 Å². The molecule has 0 bridgehead atoms. The summed E-state index contributed by atoms with van der Waals surface area (Å²) in [6.45, 7) is 4.82. The molecule has 8 heteroatoms. The fourth-order valence-electron chi connectivity index (χ4n) is 3.90. The molecule has 0 aromatic heterocycles. The topological polar surface area (TPSA) is 79.3 Å². The molecule has 0 saturated carbocycles. The summed E-state index contributed by atoms with van der Waals surface area (Å²) in [6.07, 6.45) is 0.790. The van der Waals surface area contributed by atoms with Gasteiger partial charge in [-0.15, -0.1) is 0 Å². The number of ketones is 1. The number of aryl methyl sites for hydroxylation is 1. The van der Waals surface area contributed by atoms with Crippen LogP contribution in [0.2, 0.25) is 0 Å². The van der Waals surface area contributed by atoms with Gasteiger partial charge >= 0.3 is 0 Å². The zero-order chi connectivity index (χ0) is 25.0. The molecule has 7 nitrogen and oxygen atoms in total. The number of rotatable bonds is 9. The quantitative estimate of drug-likeness (QED) is 0.340. The van der Waals surface area contributed by atoms with Crippen molar-refractivity contribution in [3.05, 3.63) is 64.5 Å². The minimum absolute atomic E-state index is 0.0404. The van der Waals surface area contributed by atoms with Crippen LogP contribution in [0.4, 0.5) is 4.39 Å². The molecular formula is C26H31FN2O5. The molecule has 1 amide bonds. The van der Waals surface area contributed by atoms with Gasteiger partial charge < -0.3 is 24.4 Å². The number of ether oxygens (including phenoxy) is 2. The molecule has 1 atom stereocenters. The summed E-state index contributed by atoms with van der Waals surface area (Å²) >= 11 is 0. The molecule has 0 radical (unpaired) electrons. The molecule has 182 valence electrons. The number of likely N-dealkylation sites (N-methyl/N-ethyl adjacent to an activating group) is 1. The van der Waals surface area contributed by atoms with Crippen LogP contribution in [0.15, 0.2) is 42.0 Å². The van der Waals surface area contributed by atoms with Gasteiger partial charge in [0.25, 0.3) is 11.7 Å². The van der Waals surface area contributed by atoms with Crippen molar-refractivity contribution in [3.63, 3.8) is 0 Å². The van der Waals surface area contributed by atoms with E-state index in [9.17, 15) is 19.1 Å². The maximum atomic E-state index is 13.8. The molecule has 2 aromatic carbocycles. The first-order valence-corrected chi connectivity index (χ1v) is 11.2. The number of likely N-dealkylation sites (tertiary alicyclic amines) is 1. The first-order valence-electron chi connectivity index (χ1n) is 11.2. The Balaban J connectivity index is 2.18. The van der Waals surface area contributed by atoms with Crippen LogP contribution in [0.1, 0.15) is 36.1 Å². The molecule has 1 N–H and O–H groups in total. The van der Waals surface area contributed by atoms with Crippen molar-refractivity contribution in [2.75, 3.05) is 40.9 Å². The molecule has 1 saturated heterocycles. The first-order chi connectivity index (χ1) is 16.2. The minimum Gasteiger partial charge on any atom is -0.507 e. The lowest BCUT2D eigenvalue weighted by atomic mass is 9.94. The molecule has 0 aliphatic carbocycles. The van der Waals surface area contributed by atoms with E-state index in [1.807, 2.05) is 25.9 Å². The number of benzene rings is 2. The first kappa shape index (κ1) is 25.2. The molecule has 1 heterocycles. The van der Waals surface area contributed by atoms with Crippen LogP contribution in [0.5, 0.6) is 11.5 Å². The zero-order valence-electron chi connectivity index (χ0n) is 20.2. The van der Waals surface area contributed by atoms with E-state index in [1.165, 1.54) is 30.2 Å². The molecule has 1 aliphatic rings. The van der Waals surface area contributed by atoms with Crippen molar-refractivity contribution in [3.8, 4) is 11.5 Å². The van der Waals surface area contributed by atoms with Crippen molar-refractivity contribution >= 4 is 17.4 Å². The molecule has 0 spiro atoms. The van der Waals surface area contributed by atoms with E-state index < -0.39 is 23.5 Å². The highest BCUT2D eigenvalue weighted by molar-refractivity contribution is 6.46. The van der Waals surface area contributed by atoms with Crippen LogP contribution in [0, 0.1) is 12.7 Å². The zero-order valence-corrected chi connectivity index (χ0v) is 20.2. The molecule has 1 fully saturated rings. The van der Waals surface area contributed by atoms with Gasteiger partial charge in [0.05, 0.1) is 25.3 Å². The largest absolute Gasteiger partial charge is 0.507 e. The summed E-state index contributed by atoms with van der Waals surface area (Å²) in [5.74, 6) is -1.23. The SMILES string of the molecule is CCCOc1cc(C2/C(=C(/O)c3ccc(F)c(C)c3)C(=O)C(=O)N2CCN(C)C)ccc1OC. The van der Waals surface area contributed by atoms with E-state index in [0.717, 1.165) is 6.42 Å². The van der Waals surface area contributed by atoms with Gasteiger partial charge in [0.15, 0.2) is 11.5 Å². The van der Waals surface area contributed by atoms with E-state index in [-0.39, 0.29) is 23.4 Å². The highest BCUT2D eigenvalue weighted by atomic mass is 19.1. The third kappa shape index (κ3) is 5.07. The van der Waals surface area contributed by atoms with Gasteiger partial charge in [-0.05, 0) is 68.9 Å². The van der Waals surface area contributed by atoms with E-state index >= 15 is 0 Å². The van der Waals surface area contributed by atoms with E-state index in [0.29, 0.717) is 35.8 Å². The summed E-state index contributed by atoms with van der Waals surface area (Å²) in [7, 11) is 5.28. The van der Waals surface area contributed by atoms with Crippen LogP contribution in [-0.4, -0.2) is 67.5 Å². The number of hydrogen-bond acceptors (Lipinski definition) is 6. The maximum absolute atomic E-state index is 13.8. The summed E-state index contributed by atoms with van der Waals surface area (Å²) in [5.41, 5.74) is 1.15. The average Bonchev–Trinajstić information content (AvgIpc) is 3.07. The number of aliphatic hydroxyl groups is 1. The van der Waals surface area contributed by atoms with Gasteiger partial charge in [-0.3, -0.25) is 9.59 Å². The number of Topliss-reactive ketones (excluding diaryl/α,β-unsaturated/α-hetero) is 1. The minimum atomic E-state index is -0.833. The lowest BCUT2D eigenvalue weighted by Gasteiger charge is -2.27. The predicted octanol–water partition coefficient (Wildman–Crippen LogP) is 3.91. The standard InChI is InChI=1S/C26H31FN2O5/c1-6-13-34-21-15-17(8-10-20(21)33-5)23-22(24(30)18-7-9-19(27)16(2)14-18)25(31)26(32)29(23)12-11-28(3)4/h7-10,14-15,23,30H,6,11-13H2,1-5H3/b24-22-. The van der Waals surface area contributed by atoms with E-state index in [4.69, 9.17) is 9.47 Å². The Morgan fingerprint density at radius 3 is 2.50 bits per heavy atom. The molecule has 3 rings (SSSR count). The fourth-order valence-corrected chi connectivity index (χ4v) is 3.90. The Kier molecular flexibility index (Phi) is 7.94. The average molecular weight is 471 g/mol. The predicted molar refractivity (Wildman–Crippen MR) is 127 cm³/mol. The van der Waals surface area contributed by atoms with Gasteiger partial charge in [-0.2, -0.15) is 0 Å². The number of halogens is 1. The molecule has 2 aromatic rings. The Labute approximate surface area is 199 Å². The Hall–Kier alpha value is -3.39. The molecule has 1 aliphatic heterocycles. The number of nitrogens with zero attached hydrogens (tertiary/aromatic N) is 2. The van der Waals surface area contributed by atoms with Crippen LogP contribution in [0.25, 0.3) is 5.76 Å². The number of aliphatic hydroxyl groups excluding tert-OH is 1. The Morgan fingerprint density at radius 2 is 1.88 bits per heavy atom. The number of hydrogen-bond donors (Lipinski definition) is 1.